The number of nitrogens with one attached hydrogen (secondary N) is 2. The molecule has 0 saturated carbocycles. The summed E-state index contributed by atoms with van der Waals surface area (Å²) in [5.74, 6) is 0.530. The minimum Gasteiger partial charge on any atom is -0.445 e. The summed E-state index contributed by atoms with van der Waals surface area (Å²) in [4.78, 5) is 30.7. The van der Waals surface area contributed by atoms with E-state index in [1.807, 2.05) is 36.4 Å². The zero-order valence-electron chi connectivity index (χ0n) is 13.0. The Hall–Kier alpha value is -3.15. The lowest BCUT2D eigenvalue weighted by molar-refractivity contribution is 0.140. The Labute approximate surface area is 138 Å². The highest BCUT2D eigenvalue weighted by molar-refractivity contribution is 5.77. The third-order valence-corrected chi connectivity index (χ3v) is 3.51. The van der Waals surface area contributed by atoms with Gasteiger partial charge in [-0.15, -0.1) is 0 Å². The fourth-order valence-corrected chi connectivity index (χ4v) is 2.31. The standard InChI is InChI=1S/C18H17N3O3/c22-17-14-8-4-5-9-15(14)20-16(21-17)10-11-19-18(23)24-12-13-6-2-1-3-7-13/h1-9H,10-12H2,(H,19,23)(H,20,21,22). The van der Waals surface area contributed by atoms with E-state index in [4.69, 9.17) is 4.74 Å². The molecule has 0 aliphatic carbocycles. The van der Waals surface area contributed by atoms with Gasteiger partial charge in [0.2, 0.25) is 0 Å². The second-order valence-corrected chi connectivity index (χ2v) is 5.27. The first-order chi connectivity index (χ1) is 11.7. The van der Waals surface area contributed by atoms with Crippen molar-refractivity contribution in [2.75, 3.05) is 6.54 Å². The predicted molar refractivity (Wildman–Crippen MR) is 90.7 cm³/mol. The van der Waals surface area contributed by atoms with Crippen LogP contribution in [0.25, 0.3) is 10.9 Å². The molecule has 0 aliphatic heterocycles. The van der Waals surface area contributed by atoms with Crippen LogP contribution in [0, 0.1) is 0 Å². The molecule has 2 N–H and O–H groups in total. The van der Waals surface area contributed by atoms with Crippen molar-refractivity contribution in [1.29, 1.82) is 0 Å². The molecule has 0 unspecified atom stereocenters. The van der Waals surface area contributed by atoms with Crippen molar-refractivity contribution < 1.29 is 9.53 Å². The van der Waals surface area contributed by atoms with E-state index in [1.54, 1.807) is 18.2 Å². The van der Waals surface area contributed by atoms with Gasteiger partial charge in [-0.2, -0.15) is 0 Å². The van der Waals surface area contributed by atoms with Gasteiger partial charge in [0.1, 0.15) is 12.4 Å². The number of amides is 1. The van der Waals surface area contributed by atoms with Crippen LogP contribution in [-0.2, 0) is 17.8 Å². The highest BCUT2D eigenvalue weighted by atomic mass is 16.5. The average Bonchev–Trinajstić information content (AvgIpc) is 2.61. The van der Waals surface area contributed by atoms with Crippen molar-refractivity contribution in [3.05, 3.63) is 76.3 Å². The normalized spacial score (nSPS) is 10.5. The molecule has 0 atom stereocenters. The molecule has 0 bridgehead atoms. The van der Waals surface area contributed by atoms with Gasteiger partial charge in [0.05, 0.1) is 10.9 Å². The summed E-state index contributed by atoms with van der Waals surface area (Å²) < 4.78 is 5.12. The number of para-hydroxylation sites is 1. The third kappa shape index (κ3) is 3.98. The average molecular weight is 323 g/mol. The van der Waals surface area contributed by atoms with E-state index in [2.05, 4.69) is 15.3 Å². The lowest BCUT2D eigenvalue weighted by Gasteiger charge is -2.07. The van der Waals surface area contributed by atoms with E-state index in [-0.39, 0.29) is 12.2 Å². The van der Waals surface area contributed by atoms with E-state index < -0.39 is 6.09 Å². The molecule has 0 aliphatic rings. The smallest absolute Gasteiger partial charge is 0.407 e. The zero-order valence-corrected chi connectivity index (χ0v) is 13.0. The fourth-order valence-electron chi connectivity index (χ4n) is 2.31. The van der Waals surface area contributed by atoms with Crippen LogP contribution >= 0.6 is 0 Å². The first-order valence-electron chi connectivity index (χ1n) is 7.65. The molecule has 1 aromatic heterocycles. The first-order valence-corrected chi connectivity index (χ1v) is 7.65. The molecule has 0 saturated heterocycles. The van der Waals surface area contributed by atoms with Crippen LogP contribution in [0.4, 0.5) is 4.79 Å². The molecular weight excluding hydrogens is 306 g/mol. The number of hydrogen-bond donors (Lipinski definition) is 2. The molecule has 1 amide bonds. The van der Waals surface area contributed by atoms with Crippen molar-refractivity contribution in [2.45, 2.75) is 13.0 Å². The molecule has 3 rings (SSSR count). The Kier molecular flexibility index (Phi) is 4.86. The van der Waals surface area contributed by atoms with E-state index in [9.17, 15) is 9.59 Å². The van der Waals surface area contributed by atoms with Crippen LogP contribution in [0.15, 0.2) is 59.4 Å². The number of aromatic nitrogens is 2. The van der Waals surface area contributed by atoms with E-state index in [0.717, 1.165) is 5.56 Å². The molecule has 6 heteroatoms. The molecule has 0 radical (unpaired) electrons. The largest absolute Gasteiger partial charge is 0.445 e. The van der Waals surface area contributed by atoms with Crippen molar-refractivity contribution in [3.63, 3.8) is 0 Å². The first kappa shape index (κ1) is 15.7. The third-order valence-electron chi connectivity index (χ3n) is 3.51. The summed E-state index contributed by atoms with van der Waals surface area (Å²) in [6, 6.07) is 16.6. The number of nitrogens with zero attached hydrogens (tertiary/aromatic N) is 1. The minimum absolute atomic E-state index is 0.178. The number of carbonyl (C=O) groups is 1. The molecule has 0 spiro atoms. The van der Waals surface area contributed by atoms with Crippen molar-refractivity contribution in [2.24, 2.45) is 0 Å². The quantitative estimate of drug-likeness (QED) is 0.755. The molecule has 1 heterocycles. The molecular formula is C18H17N3O3. The van der Waals surface area contributed by atoms with Crippen LogP contribution in [0.2, 0.25) is 0 Å². The van der Waals surface area contributed by atoms with Gasteiger partial charge >= 0.3 is 6.09 Å². The van der Waals surface area contributed by atoms with Gasteiger partial charge < -0.3 is 15.0 Å². The summed E-state index contributed by atoms with van der Waals surface area (Å²) in [5.41, 5.74) is 1.39. The summed E-state index contributed by atoms with van der Waals surface area (Å²) in [5, 5.41) is 3.20. The van der Waals surface area contributed by atoms with Gasteiger partial charge in [-0.1, -0.05) is 42.5 Å². The second kappa shape index (κ2) is 7.41. The highest BCUT2D eigenvalue weighted by Crippen LogP contribution is 2.05. The van der Waals surface area contributed by atoms with Crippen molar-refractivity contribution >= 4 is 17.0 Å². The Balaban J connectivity index is 1.51. The number of ether oxygens (including phenoxy) is 1. The van der Waals surface area contributed by atoms with Crippen molar-refractivity contribution in [1.82, 2.24) is 15.3 Å². The number of carbonyl (C=O) groups excluding carboxylic acids is 1. The summed E-state index contributed by atoms with van der Waals surface area (Å²) in [6.07, 6.45) is -0.0810. The number of aromatic amines is 1. The molecule has 2 aromatic carbocycles. The van der Waals surface area contributed by atoms with Gasteiger partial charge in [-0.05, 0) is 17.7 Å². The SMILES string of the molecule is O=C(NCCc1nc2ccccc2c(=O)[nH]1)OCc1ccccc1. The zero-order chi connectivity index (χ0) is 16.8. The fraction of sp³-hybridized carbons (Fsp3) is 0.167. The number of hydrogen-bond acceptors (Lipinski definition) is 4. The van der Waals surface area contributed by atoms with Crippen LogP contribution in [0.5, 0.6) is 0 Å². The van der Waals surface area contributed by atoms with E-state index >= 15 is 0 Å². The molecule has 122 valence electrons. The number of H-pyrrole nitrogens is 1. The van der Waals surface area contributed by atoms with E-state index in [1.165, 1.54) is 0 Å². The Morgan fingerprint density at radius 2 is 1.83 bits per heavy atom. The lowest BCUT2D eigenvalue weighted by atomic mass is 10.2. The number of fused-ring (bicyclic) bond motifs is 1. The van der Waals surface area contributed by atoms with Gasteiger partial charge in [0.25, 0.3) is 5.56 Å². The second-order valence-electron chi connectivity index (χ2n) is 5.27. The monoisotopic (exact) mass is 323 g/mol. The predicted octanol–water partition coefficient (Wildman–Crippen LogP) is 2.39. The van der Waals surface area contributed by atoms with Crippen LogP contribution in [0.3, 0.4) is 0 Å². The van der Waals surface area contributed by atoms with Crippen LogP contribution in [0.1, 0.15) is 11.4 Å². The van der Waals surface area contributed by atoms with Gasteiger partial charge in [0, 0.05) is 13.0 Å². The topological polar surface area (TPSA) is 84.1 Å². The minimum atomic E-state index is -0.498. The molecule has 3 aromatic rings. The van der Waals surface area contributed by atoms with E-state index in [0.29, 0.717) is 29.7 Å². The highest BCUT2D eigenvalue weighted by Gasteiger charge is 2.05. The maximum atomic E-state index is 11.9. The lowest BCUT2D eigenvalue weighted by Crippen LogP contribution is -2.27. The van der Waals surface area contributed by atoms with Crippen LogP contribution in [-0.4, -0.2) is 22.6 Å². The van der Waals surface area contributed by atoms with Gasteiger partial charge in [-0.25, -0.2) is 9.78 Å². The molecule has 6 nitrogen and oxygen atoms in total. The Bertz CT molecular complexity index is 891. The Morgan fingerprint density at radius 3 is 2.67 bits per heavy atom. The van der Waals surface area contributed by atoms with Gasteiger partial charge in [-0.3, -0.25) is 4.79 Å². The number of alkyl carbamates (subject to hydrolysis) is 1. The maximum absolute atomic E-state index is 11.9. The summed E-state index contributed by atoms with van der Waals surface area (Å²) in [7, 11) is 0. The Morgan fingerprint density at radius 1 is 1.08 bits per heavy atom. The van der Waals surface area contributed by atoms with Crippen LogP contribution < -0.4 is 10.9 Å². The summed E-state index contributed by atoms with van der Waals surface area (Å²) >= 11 is 0. The molecule has 0 fully saturated rings. The number of rotatable bonds is 5. The number of benzene rings is 2. The summed E-state index contributed by atoms with van der Waals surface area (Å²) in [6.45, 7) is 0.548. The maximum Gasteiger partial charge on any atom is 0.407 e. The van der Waals surface area contributed by atoms with Crippen molar-refractivity contribution in [3.8, 4) is 0 Å². The van der Waals surface area contributed by atoms with Gasteiger partial charge in [0.15, 0.2) is 0 Å². The molecule has 24 heavy (non-hydrogen) atoms.